The molecule has 2 aromatic rings. The molecule has 0 unspecified atom stereocenters. The van der Waals surface area contributed by atoms with E-state index in [-0.39, 0.29) is 54.6 Å². The number of sulfone groups is 1. The van der Waals surface area contributed by atoms with E-state index in [1.165, 1.54) is 28.0 Å². The van der Waals surface area contributed by atoms with Gasteiger partial charge in [-0.25, -0.2) is 8.42 Å². The van der Waals surface area contributed by atoms with E-state index in [2.05, 4.69) is 0 Å². The normalized spacial score (nSPS) is 17.7. The maximum atomic E-state index is 13.6. The van der Waals surface area contributed by atoms with Crippen molar-refractivity contribution >= 4 is 21.4 Å². The zero-order chi connectivity index (χ0) is 27.9. The lowest BCUT2D eigenvalue weighted by Gasteiger charge is -2.37. The summed E-state index contributed by atoms with van der Waals surface area (Å²) < 4.78 is 110. The molecule has 13 heteroatoms. The zero-order valence-electron chi connectivity index (χ0n) is 20.4. The van der Waals surface area contributed by atoms with Gasteiger partial charge in [-0.2, -0.15) is 26.3 Å². The number of carbonyl (C=O) groups excluding carboxylic acids is 1. The molecule has 1 heterocycles. The number of rotatable bonds is 5. The lowest BCUT2D eigenvalue weighted by molar-refractivity contribution is -0.142. The van der Waals surface area contributed by atoms with E-state index in [1.54, 1.807) is 0 Å². The second kappa shape index (κ2) is 10.3. The van der Waals surface area contributed by atoms with Gasteiger partial charge in [0.1, 0.15) is 5.75 Å². The average Bonchev–Trinajstić information content (AvgIpc) is 3.35. The van der Waals surface area contributed by atoms with Gasteiger partial charge in [-0.15, -0.1) is 0 Å². The van der Waals surface area contributed by atoms with E-state index in [0.29, 0.717) is 6.07 Å². The quantitative estimate of drug-likeness (QED) is 0.455. The molecule has 4 rings (SSSR count). The molecule has 0 radical (unpaired) electrons. The molecular formula is C25H26F6N2O4S. The van der Waals surface area contributed by atoms with Crippen molar-refractivity contribution in [1.82, 2.24) is 4.90 Å². The van der Waals surface area contributed by atoms with Crippen molar-refractivity contribution in [3.63, 3.8) is 0 Å². The predicted molar refractivity (Wildman–Crippen MR) is 127 cm³/mol. The minimum absolute atomic E-state index is 0.0247. The average molecular weight is 565 g/mol. The Hall–Kier alpha value is -2.96. The van der Waals surface area contributed by atoms with Crippen LogP contribution in [0.15, 0.2) is 41.3 Å². The first kappa shape index (κ1) is 28.1. The molecule has 2 aromatic carbocycles. The summed E-state index contributed by atoms with van der Waals surface area (Å²) in [5, 5.41) is 0. The Balaban J connectivity index is 1.56. The molecule has 0 bridgehead atoms. The summed E-state index contributed by atoms with van der Waals surface area (Å²) in [6.07, 6.45) is -5.49. The van der Waals surface area contributed by atoms with Crippen molar-refractivity contribution < 1.29 is 44.3 Å². The Morgan fingerprint density at radius 3 is 2.08 bits per heavy atom. The van der Waals surface area contributed by atoms with E-state index in [9.17, 15) is 39.6 Å². The third kappa shape index (κ3) is 6.19. The monoisotopic (exact) mass is 564 g/mol. The maximum Gasteiger partial charge on any atom is 0.418 e. The Labute approximate surface area is 216 Å². The molecule has 1 saturated carbocycles. The van der Waals surface area contributed by atoms with Gasteiger partial charge in [0, 0.05) is 38.1 Å². The van der Waals surface area contributed by atoms with E-state index in [1.807, 2.05) is 0 Å². The SMILES string of the molecule is CS(=O)(=O)c1ccc(OC2CCCC2)c(C(=O)N2CCN(c3ccc(C(F)(F)F)cc3C(F)(F)F)CC2)c1. The van der Waals surface area contributed by atoms with Crippen molar-refractivity contribution in [2.75, 3.05) is 37.3 Å². The summed E-state index contributed by atoms with van der Waals surface area (Å²) in [7, 11) is -3.63. The highest BCUT2D eigenvalue weighted by molar-refractivity contribution is 7.90. The number of piperazine rings is 1. The number of hydrogen-bond acceptors (Lipinski definition) is 5. The Kier molecular flexibility index (Phi) is 7.61. The Morgan fingerprint density at radius 1 is 0.895 bits per heavy atom. The van der Waals surface area contributed by atoms with Crippen molar-refractivity contribution in [3.8, 4) is 5.75 Å². The van der Waals surface area contributed by atoms with Gasteiger partial charge in [0.25, 0.3) is 5.91 Å². The highest BCUT2D eigenvalue weighted by Crippen LogP contribution is 2.41. The van der Waals surface area contributed by atoms with E-state index < -0.39 is 44.9 Å². The molecule has 2 fully saturated rings. The predicted octanol–water partition coefficient (Wildman–Crippen LogP) is 5.41. The largest absolute Gasteiger partial charge is 0.490 e. The minimum atomic E-state index is -5.01. The first-order valence-electron chi connectivity index (χ1n) is 12.0. The van der Waals surface area contributed by atoms with Crippen LogP contribution in [0.25, 0.3) is 0 Å². The van der Waals surface area contributed by atoms with Gasteiger partial charge >= 0.3 is 12.4 Å². The van der Waals surface area contributed by atoms with Gasteiger partial charge in [0.05, 0.1) is 27.7 Å². The summed E-state index contributed by atoms with van der Waals surface area (Å²) in [6.45, 7) is -0.179. The third-order valence-electron chi connectivity index (χ3n) is 6.74. The summed E-state index contributed by atoms with van der Waals surface area (Å²) in [5.74, 6) is -0.301. The van der Waals surface area contributed by atoms with Crippen LogP contribution in [0.2, 0.25) is 0 Å². The van der Waals surface area contributed by atoms with Crippen molar-refractivity contribution in [2.45, 2.75) is 49.0 Å². The lowest BCUT2D eigenvalue weighted by atomic mass is 10.1. The summed E-state index contributed by atoms with van der Waals surface area (Å²) in [4.78, 5) is 16.0. The van der Waals surface area contributed by atoms with Crippen LogP contribution in [0, 0.1) is 0 Å². The first-order chi connectivity index (χ1) is 17.6. The number of carbonyl (C=O) groups is 1. The minimum Gasteiger partial charge on any atom is -0.490 e. The molecule has 0 spiro atoms. The maximum absolute atomic E-state index is 13.6. The molecule has 2 aliphatic rings. The van der Waals surface area contributed by atoms with Crippen molar-refractivity contribution in [2.24, 2.45) is 0 Å². The molecule has 0 N–H and O–H groups in total. The van der Waals surface area contributed by atoms with Crippen LogP contribution in [0.3, 0.4) is 0 Å². The van der Waals surface area contributed by atoms with Crippen LogP contribution in [0.5, 0.6) is 5.75 Å². The van der Waals surface area contributed by atoms with Gasteiger partial charge in [-0.05, 0) is 62.1 Å². The fourth-order valence-electron chi connectivity index (χ4n) is 4.73. The molecule has 38 heavy (non-hydrogen) atoms. The molecule has 0 atom stereocenters. The molecule has 208 valence electrons. The van der Waals surface area contributed by atoms with Crippen LogP contribution in [0.1, 0.15) is 47.2 Å². The summed E-state index contributed by atoms with van der Waals surface area (Å²) in [5.41, 5.74) is -3.16. The molecule has 1 saturated heterocycles. The number of hydrogen-bond donors (Lipinski definition) is 0. The molecule has 1 aliphatic heterocycles. The second-order valence-corrected chi connectivity index (χ2v) is 11.5. The molecule has 6 nitrogen and oxygen atoms in total. The number of benzene rings is 2. The number of ether oxygens (including phenoxy) is 1. The topological polar surface area (TPSA) is 66.9 Å². The van der Waals surface area contributed by atoms with Gasteiger partial charge in [-0.3, -0.25) is 4.79 Å². The number of halogens is 6. The van der Waals surface area contributed by atoms with Gasteiger partial charge < -0.3 is 14.5 Å². The van der Waals surface area contributed by atoms with E-state index >= 15 is 0 Å². The van der Waals surface area contributed by atoms with E-state index in [4.69, 9.17) is 4.74 Å². The first-order valence-corrected chi connectivity index (χ1v) is 13.9. The Bertz CT molecular complexity index is 1300. The molecular weight excluding hydrogens is 538 g/mol. The van der Waals surface area contributed by atoms with Crippen LogP contribution >= 0.6 is 0 Å². The molecule has 1 aliphatic carbocycles. The highest BCUT2D eigenvalue weighted by Gasteiger charge is 2.40. The van der Waals surface area contributed by atoms with Crippen LogP contribution in [-0.2, 0) is 22.2 Å². The number of nitrogens with zero attached hydrogens (tertiary/aromatic N) is 2. The number of alkyl halides is 6. The standard InChI is InChI=1S/C25H26F6N2O4S/c1-38(35,36)18-7-9-22(37-17-4-2-3-5-17)19(15-18)23(34)33-12-10-32(11-13-33)21-8-6-16(24(26,27)28)14-20(21)25(29,30)31/h6-9,14-15,17H,2-5,10-13H2,1H3. The lowest BCUT2D eigenvalue weighted by Crippen LogP contribution is -2.49. The van der Waals surface area contributed by atoms with Gasteiger partial charge in [0.2, 0.25) is 0 Å². The fourth-order valence-corrected chi connectivity index (χ4v) is 5.38. The second-order valence-electron chi connectivity index (χ2n) is 9.46. The summed E-state index contributed by atoms with van der Waals surface area (Å²) in [6, 6.07) is 5.54. The smallest absolute Gasteiger partial charge is 0.418 e. The molecule has 0 aromatic heterocycles. The van der Waals surface area contributed by atoms with Crippen LogP contribution in [-0.4, -0.2) is 57.8 Å². The molecule has 1 amide bonds. The number of amides is 1. The van der Waals surface area contributed by atoms with E-state index in [0.717, 1.165) is 38.0 Å². The Morgan fingerprint density at radius 2 is 1.53 bits per heavy atom. The third-order valence-corrected chi connectivity index (χ3v) is 7.85. The number of anilines is 1. The highest BCUT2D eigenvalue weighted by atomic mass is 32.2. The zero-order valence-corrected chi connectivity index (χ0v) is 21.2. The van der Waals surface area contributed by atoms with Crippen LogP contribution in [0.4, 0.5) is 32.0 Å². The fraction of sp³-hybridized carbons (Fsp3) is 0.480. The summed E-state index contributed by atoms with van der Waals surface area (Å²) >= 11 is 0. The van der Waals surface area contributed by atoms with Gasteiger partial charge in [-0.1, -0.05) is 0 Å². The van der Waals surface area contributed by atoms with Crippen LogP contribution < -0.4 is 9.64 Å². The van der Waals surface area contributed by atoms with Crippen molar-refractivity contribution in [3.05, 3.63) is 53.1 Å². The van der Waals surface area contributed by atoms with Gasteiger partial charge in [0.15, 0.2) is 9.84 Å². The van der Waals surface area contributed by atoms with Crippen molar-refractivity contribution in [1.29, 1.82) is 0 Å².